The number of ether oxygens (including phenoxy) is 1. The molecule has 1 atom stereocenters. The van der Waals surface area contributed by atoms with E-state index in [1.54, 1.807) is 4.57 Å². The number of amides is 2. The fourth-order valence-corrected chi connectivity index (χ4v) is 2.87. The highest BCUT2D eigenvalue weighted by Crippen LogP contribution is 2.25. The fourth-order valence-electron chi connectivity index (χ4n) is 2.87. The Labute approximate surface area is 143 Å². The number of aryl methyl sites for hydroxylation is 1. The van der Waals surface area contributed by atoms with Crippen molar-refractivity contribution in [2.45, 2.75) is 32.9 Å². The average molecular weight is 348 g/mol. The van der Waals surface area contributed by atoms with Gasteiger partial charge in [0.1, 0.15) is 12.4 Å². The number of hydrogen-bond acceptors (Lipinski definition) is 6. The van der Waals surface area contributed by atoms with Crippen molar-refractivity contribution in [1.82, 2.24) is 29.7 Å². The van der Waals surface area contributed by atoms with Crippen LogP contribution in [0.2, 0.25) is 0 Å². The number of aromatic nitrogens is 4. The number of imidazole rings is 1. The molecule has 25 heavy (non-hydrogen) atoms. The van der Waals surface area contributed by atoms with Gasteiger partial charge in [-0.05, 0) is 13.8 Å². The quantitative estimate of drug-likeness (QED) is 0.816. The number of nitrogens with one attached hydrogen (secondary N) is 1. The van der Waals surface area contributed by atoms with Crippen LogP contribution < -0.4 is 10.1 Å². The van der Waals surface area contributed by atoms with Crippen LogP contribution in [0.4, 0.5) is 4.79 Å². The summed E-state index contributed by atoms with van der Waals surface area (Å²) in [5.74, 6) is 0.231. The first-order chi connectivity index (χ1) is 12.0. The zero-order valence-corrected chi connectivity index (χ0v) is 14.1. The van der Waals surface area contributed by atoms with E-state index in [2.05, 4.69) is 20.3 Å². The molecule has 1 aliphatic heterocycles. The third-order valence-electron chi connectivity index (χ3n) is 4.05. The van der Waals surface area contributed by atoms with Crippen LogP contribution in [-0.4, -0.2) is 67.3 Å². The van der Waals surface area contributed by atoms with E-state index < -0.39 is 6.09 Å². The fraction of sp³-hybridized carbons (Fsp3) is 0.533. The van der Waals surface area contributed by atoms with Gasteiger partial charge >= 0.3 is 6.09 Å². The van der Waals surface area contributed by atoms with Gasteiger partial charge < -0.3 is 24.6 Å². The molecule has 0 aliphatic carbocycles. The topological polar surface area (TPSA) is 122 Å². The normalized spacial score (nSPS) is 17.0. The molecule has 0 bridgehead atoms. The molecule has 0 radical (unpaired) electrons. The average Bonchev–Trinajstić information content (AvgIpc) is 3.20. The molecular formula is C15H20N6O4. The summed E-state index contributed by atoms with van der Waals surface area (Å²) in [5, 5.41) is 11.8. The number of rotatable bonds is 5. The molecule has 0 saturated carbocycles. The van der Waals surface area contributed by atoms with Crippen molar-refractivity contribution in [3.63, 3.8) is 0 Å². The van der Waals surface area contributed by atoms with E-state index in [0.717, 1.165) is 0 Å². The van der Waals surface area contributed by atoms with E-state index in [1.807, 2.05) is 13.8 Å². The highest BCUT2D eigenvalue weighted by atomic mass is 16.5. The second-order valence-corrected chi connectivity index (χ2v) is 5.65. The lowest BCUT2D eigenvalue weighted by Crippen LogP contribution is -2.29. The minimum absolute atomic E-state index is 0.253. The summed E-state index contributed by atoms with van der Waals surface area (Å²) in [6, 6.07) is 0. The van der Waals surface area contributed by atoms with Crippen LogP contribution in [0, 0.1) is 0 Å². The monoisotopic (exact) mass is 348 g/mol. The molecule has 0 spiro atoms. The molecule has 3 heterocycles. The van der Waals surface area contributed by atoms with Gasteiger partial charge in [0, 0.05) is 26.1 Å². The van der Waals surface area contributed by atoms with Gasteiger partial charge in [0.2, 0.25) is 11.7 Å². The molecule has 134 valence electrons. The Hall–Kier alpha value is -2.91. The second kappa shape index (κ2) is 6.91. The molecule has 1 aliphatic rings. The summed E-state index contributed by atoms with van der Waals surface area (Å²) in [7, 11) is 0. The van der Waals surface area contributed by atoms with E-state index in [9.17, 15) is 9.59 Å². The number of carboxylic acid groups (broad SMARTS) is 1. The van der Waals surface area contributed by atoms with Gasteiger partial charge in [0.05, 0.1) is 6.54 Å². The standard InChI is InChI=1S/C15H20N6O4/c1-3-16-13(22)12-19-10-11(21(12)4-2)17-8-18-14(10)25-9-5-6-20(7-9)15(23)24/h8-9H,3-7H2,1-2H3,(H,16,22)(H,23,24)/t9-/m0/s1. The van der Waals surface area contributed by atoms with Crippen molar-refractivity contribution >= 4 is 23.2 Å². The highest BCUT2D eigenvalue weighted by Gasteiger charge is 2.29. The molecule has 0 unspecified atom stereocenters. The molecule has 2 aromatic rings. The summed E-state index contributed by atoms with van der Waals surface area (Å²) in [6.45, 7) is 5.44. The number of fused-ring (bicyclic) bond motifs is 1. The smallest absolute Gasteiger partial charge is 0.407 e. The SMILES string of the molecule is CCNC(=O)c1nc2c(O[C@H]3CCN(C(=O)O)C3)ncnc2n1CC. The number of carbonyl (C=O) groups is 2. The Kier molecular flexibility index (Phi) is 4.68. The van der Waals surface area contributed by atoms with Gasteiger partial charge in [0.15, 0.2) is 11.2 Å². The summed E-state index contributed by atoms with van der Waals surface area (Å²) in [4.78, 5) is 37.2. The van der Waals surface area contributed by atoms with Crippen molar-refractivity contribution in [3.05, 3.63) is 12.2 Å². The predicted octanol–water partition coefficient (Wildman–Crippen LogP) is 0.727. The summed E-state index contributed by atoms with van der Waals surface area (Å²) < 4.78 is 7.56. The summed E-state index contributed by atoms with van der Waals surface area (Å²) in [5.41, 5.74) is 0.918. The molecule has 10 heteroatoms. The molecule has 0 aromatic carbocycles. The Balaban J connectivity index is 1.92. The van der Waals surface area contributed by atoms with Gasteiger partial charge in [-0.1, -0.05) is 0 Å². The zero-order valence-electron chi connectivity index (χ0n) is 14.1. The van der Waals surface area contributed by atoms with Gasteiger partial charge in [0.25, 0.3) is 5.91 Å². The van der Waals surface area contributed by atoms with E-state index >= 15 is 0 Å². The number of carbonyl (C=O) groups excluding carboxylic acids is 1. The predicted molar refractivity (Wildman–Crippen MR) is 87.6 cm³/mol. The minimum Gasteiger partial charge on any atom is -0.471 e. The molecule has 3 rings (SSSR count). The molecular weight excluding hydrogens is 328 g/mol. The first-order valence-corrected chi connectivity index (χ1v) is 8.19. The molecule has 10 nitrogen and oxygen atoms in total. The largest absolute Gasteiger partial charge is 0.471 e. The Bertz CT molecular complexity index is 805. The van der Waals surface area contributed by atoms with Crippen LogP contribution in [0.5, 0.6) is 5.88 Å². The Morgan fingerprint density at radius 1 is 1.40 bits per heavy atom. The Morgan fingerprint density at radius 2 is 2.20 bits per heavy atom. The maximum Gasteiger partial charge on any atom is 0.407 e. The lowest BCUT2D eigenvalue weighted by Gasteiger charge is -2.13. The molecule has 1 fully saturated rings. The van der Waals surface area contributed by atoms with Crippen LogP contribution >= 0.6 is 0 Å². The maximum atomic E-state index is 12.2. The van der Waals surface area contributed by atoms with E-state index in [1.165, 1.54) is 11.2 Å². The van der Waals surface area contributed by atoms with E-state index in [4.69, 9.17) is 9.84 Å². The first-order valence-electron chi connectivity index (χ1n) is 8.19. The number of hydrogen-bond donors (Lipinski definition) is 2. The molecule has 2 N–H and O–H groups in total. The van der Waals surface area contributed by atoms with Gasteiger partial charge in [-0.3, -0.25) is 4.79 Å². The number of nitrogens with zero attached hydrogens (tertiary/aromatic N) is 5. The summed E-state index contributed by atoms with van der Waals surface area (Å²) >= 11 is 0. The Morgan fingerprint density at radius 3 is 2.84 bits per heavy atom. The van der Waals surface area contributed by atoms with Gasteiger partial charge in [-0.2, -0.15) is 4.98 Å². The van der Waals surface area contributed by atoms with E-state index in [0.29, 0.717) is 37.2 Å². The van der Waals surface area contributed by atoms with Crippen molar-refractivity contribution in [1.29, 1.82) is 0 Å². The lowest BCUT2D eigenvalue weighted by molar-refractivity contribution is 0.0941. The van der Waals surface area contributed by atoms with Gasteiger partial charge in [-0.25, -0.2) is 14.8 Å². The first kappa shape index (κ1) is 16.9. The highest BCUT2D eigenvalue weighted by molar-refractivity contribution is 5.94. The molecule has 2 aromatic heterocycles. The van der Waals surface area contributed by atoms with Crippen LogP contribution in [0.25, 0.3) is 11.2 Å². The number of likely N-dealkylation sites (tertiary alicyclic amines) is 1. The zero-order chi connectivity index (χ0) is 18.0. The van der Waals surface area contributed by atoms with Crippen LogP contribution in [0.1, 0.15) is 30.9 Å². The molecule has 1 saturated heterocycles. The van der Waals surface area contributed by atoms with Crippen LogP contribution in [0.15, 0.2) is 6.33 Å². The summed E-state index contributed by atoms with van der Waals surface area (Å²) in [6.07, 6.45) is 0.674. The lowest BCUT2D eigenvalue weighted by atomic mass is 10.3. The van der Waals surface area contributed by atoms with Crippen molar-refractivity contribution in [2.24, 2.45) is 0 Å². The maximum absolute atomic E-state index is 12.2. The second-order valence-electron chi connectivity index (χ2n) is 5.65. The van der Waals surface area contributed by atoms with Crippen molar-refractivity contribution in [2.75, 3.05) is 19.6 Å². The third kappa shape index (κ3) is 3.19. The van der Waals surface area contributed by atoms with Crippen molar-refractivity contribution in [3.8, 4) is 5.88 Å². The van der Waals surface area contributed by atoms with Crippen LogP contribution in [-0.2, 0) is 6.54 Å². The minimum atomic E-state index is -0.965. The van der Waals surface area contributed by atoms with E-state index in [-0.39, 0.29) is 30.3 Å². The molecule has 2 amide bonds. The third-order valence-corrected chi connectivity index (χ3v) is 4.05. The van der Waals surface area contributed by atoms with Gasteiger partial charge in [-0.15, -0.1) is 0 Å². The van der Waals surface area contributed by atoms with Crippen LogP contribution in [0.3, 0.4) is 0 Å². The van der Waals surface area contributed by atoms with Crippen molar-refractivity contribution < 1.29 is 19.4 Å².